The predicted molar refractivity (Wildman–Crippen MR) is 79.9 cm³/mol. The molecule has 4 nitrogen and oxygen atoms in total. The first-order valence-electron chi connectivity index (χ1n) is 6.09. The molecule has 0 saturated carbocycles. The fraction of sp³-hybridized carbons (Fsp3) is 0.200. The SMILES string of the molecule is Cc1cc(C)cc(C(=O)Nc2c(C)csc2C(=O)O)c1. The Hall–Kier alpha value is -2.14. The molecule has 0 aliphatic rings. The highest BCUT2D eigenvalue weighted by molar-refractivity contribution is 7.12. The van der Waals surface area contributed by atoms with E-state index in [1.807, 2.05) is 19.9 Å². The number of aryl methyl sites for hydroxylation is 3. The van der Waals surface area contributed by atoms with Crippen LogP contribution in [0.5, 0.6) is 0 Å². The summed E-state index contributed by atoms with van der Waals surface area (Å²) in [7, 11) is 0. The molecule has 0 atom stereocenters. The number of carbonyl (C=O) groups excluding carboxylic acids is 1. The largest absolute Gasteiger partial charge is 0.477 e. The van der Waals surface area contributed by atoms with Gasteiger partial charge in [-0.2, -0.15) is 0 Å². The quantitative estimate of drug-likeness (QED) is 0.906. The number of nitrogens with one attached hydrogen (secondary N) is 1. The zero-order valence-corrected chi connectivity index (χ0v) is 12.3. The van der Waals surface area contributed by atoms with E-state index in [0.29, 0.717) is 11.3 Å². The molecule has 0 bridgehead atoms. The minimum Gasteiger partial charge on any atom is -0.477 e. The number of hydrogen-bond acceptors (Lipinski definition) is 3. The number of carboxylic acid groups (broad SMARTS) is 1. The summed E-state index contributed by atoms with van der Waals surface area (Å²) < 4.78 is 0. The molecule has 0 fully saturated rings. The van der Waals surface area contributed by atoms with E-state index in [-0.39, 0.29) is 10.8 Å². The topological polar surface area (TPSA) is 66.4 Å². The molecule has 0 spiro atoms. The first kappa shape index (κ1) is 14.3. The Morgan fingerprint density at radius 3 is 2.25 bits per heavy atom. The second-order valence-corrected chi connectivity index (χ2v) is 5.64. The van der Waals surface area contributed by atoms with Crippen molar-refractivity contribution >= 4 is 28.9 Å². The van der Waals surface area contributed by atoms with Crippen LogP contribution in [0.4, 0.5) is 5.69 Å². The van der Waals surface area contributed by atoms with Gasteiger partial charge in [0, 0.05) is 5.56 Å². The van der Waals surface area contributed by atoms with Crippen LogP contribution < -0.4 is 5.32 Å². The van der Waals surface area contributed by atoms with Crippen LogP contribution >= 0.6 is 11.3 Å². The molecule has 2 rings (SSSR count). The van der Waals surface area contributed by atoms with Crippen LogP contribution in [0, 0.1) is 20.8 Å². The van der Waals surface area contributed by atoms with Crippen LogP contribution in [0.2, 0.25) is 0 Å². The molecular formula is C15H15NO3S. The van der Waals surface area contributed by atoms with Crippen LogP contribution in [0.3, 0.4) is 0 Å². The van der Waals surface area contributed by atoms with E-state index < -0.39 is 5.97 Å². The minimum atomic E-state index is -1.03. The van der Waals surface area contributed by atoms with Crippen molar-refractivity contribution in [1.82, 2.24) is 0 Å². The molecule has 0 radical (unpaired) electrons. The Kier molecular flexibility index (Phi) is 3.90. The van der Waals surface area contributed by atoms with E-state index in [9.17, 15) is 9.59 Å². The Morgan fingerprint density at radius 1 is 1.10 bits per heavy atom. The molecule has 2 N–H and O–H groups in total. The fourth-order valence-corrected chi connectivity index (χ4v) is 2.89. The number of rotatable bonds is 3. The van der Waals surface area contributed by atoms with Crippen LogP contribution in [-0.2, 0) is 0 Å². The Labute approximate surface area is 121 Å². The van der Waals surface area contributed by atoms with Gasteiger partial charge in [0.1, 0.15) is 4.88 Å². The van der Waals surface area contributed by atoms with E-state index in [1.54, 1.807) is 24.4 Å². The molecule has 1 aromatic heterocycles. The van der Waals surface area contributed by atoms with E-state index >= 15 is 0 Å². The number of carbonyl (C=O) groups is 2. The number of thiophene rings is 1. The first-order chi connectivity index (χ1) is 9.38. The lowest BCUT2D eigenvalue weighted by Crippen LogP contribution is -2.14. The number of amides is 1. The Balaban J connectivity index is 2.32. The second-order valence-electron chi connectivity index (χ2n) is 4.76. The van der Waals surface area contributed by atoms with Gasteiger partial charge >= 0.3 is 5.97 Å². The van der Waals surface area contributed by atoms with E-state index in [2.05, 4.69) is 5.32 Å². The molecule has 2 aromatic rings. The summed E-state index contributed by atoms with van der Waals surface area (Å²) >= 11 is 1.11. The first-order valence-corrected chi connectivity index (χ1v) is 6.97. The normalized spacial score (nSPS) is 10.3. The van der Waals surface area contributed by atoms with Gasteiger partial charge in [0.05, 0.1) is 5.69 Å². The molecule has 0 saturated heterocycles. The lowest BCUT2D eigenvalue weighted by molar-refractivity contribution is 0.0703. The van der Waals surface area contributed by atoms with Gasteiger partial charge in [0.15, 0.2) is 0 Å². The van der Waals surface area contributed by atoms with Gasteiger partial charge in [0.2, 0.25) is 0 Å². The third kappa shape index (κ3) is 2.88. The van der Waals surface area contributed by atoms with E-state index in [4.69, 9.17) is 5.11 Å². The zero-order chi connectivity index (χ0) is 14.9. The predicted octanol–water partition coefficient (Wildman–Crippen LogP) is 3.62. The summed E-state index contributed by atoms with van der Waals surface area (Å²) in [6, 6.07) is 5.55. The summed E-state index contributed by atoms with van der Waals surface area (Å²) in [5.74, 6) is -1.32. The third-order valence-corrected chi connectivity index (χ3v) is 3.98. The van der Waals surface area contributed by atoms with Gasteiger partial charge in [-0.3, -0.25) is 4.79 Å². The number of hydrogen-bond donors (Lipinski definition) is 2. The average Bonchev–Trinajstić information content (AvgIpc) is 2.70. The minimum absolute atomic E-state index is 0.153. The van der Waals surface area contributed by atoms with E-state index in [1.165, 1.54) is 0 Å². The van der Waals surface area contributed by atoms with Crippen molar-refractivity contribution < 1.29 is 14.7 Å². The molecule has 104 valence electrons. The lowest BCUT2D eigenvalue weighted by Gasteiger charge is -2.08. The molecule has 0 unspecified atom stereocenters. The number of anilines is 1. The maximum absolute atomic E-state index is 12.2. The summed E-state index contributed by atoms with van der Waals surface area (Å²) in [5.41, 5.74) is 3.66. The van der Waals surface area contributed by atoms with Crippen LogP contribution in [0.25, 0.3) is 0 Å². The number of carboxylic acids is 1. The molecule has 0 aliphatic carbocycles. The maximum Gasteiger partial charge on any atom is 0.348 e. The van der Waals surface area contributed by atoms with Gasteiger partial charge in [-0.1, -0.05) is 17.2 Å². The van der Waals surface area contributed by atoms with Crippen molar-refractivity contribution in [2.24, 2.45) is 0 Å². The average molecular weight is 289 g/mol. The molecule has 1 amide bonds. The summed E-state index contributed by atoms with van der Waals surface area (Å²) in [6.07, 6.45) is 0. The van der Waals surface area contributed by atoms with Gasteiger partial charge in [0.25, 0.3) is 5.91 Å². The molecule has 1 aromatic carbocycles. The molecule has 5 heteroatoms. The molecule has 20 heavy (non-hydrogen) atoms. The number of benzene rings is 1. The highest BCUT2D eigenvalue weighted by Crippen LogP contribution is 2.28. The van der Waals surface area contributed by atoms with Gasteiger partial charge < -0.3 is 10.4 Å². The van der Waals surface area contributed by atoms with Crippen LogP contribution in [-0.4, -0.2) is 17.0 Å². The monoisotopic (exact) mass is 289 g/mol. The maximum atomic E-state index is 12.2. The van der Waals surface area contributed by atoms with Crippen molar-refractivity contribution in [1.29, 1.82) is 0 Å². The van der Waals surface area contributed by atoms with Gasteiger partial charge in [-0.15, -0.1) is 11.3 Å². The summed E-state index contributed by atoms with van der Waals surface area (Å²) in [6.45, 7) is 5.62. The van der Waals surface area contributed by atoms with Crippen molar-refractivity contribution in [3.8, 4) is 0 Å². The second kappa shape index (κ2) is 5.46. The Bertz CT molecular complexity index is 668. The van der Waals surface area contributed by atoms with Crippen LogP contribution in [0.1, 0.15) is 36.7 Å². The molecular weight excluding hydrogens is 274 g/mol. The highest BCUT2D eigenvalue weighted by atomic mass is 32.1. The van der Waals surface area contributed by atoms with Crippen molar-refractivity contribution in [3.63, 3.8) is 0 Å². The Morgan fingerprint density at radius 2 is 1.70 bits per heavy atom. The van der Waals surface area contributed by atoms with E-state index in [0.717, 1.165) is 28.0 Å². The van der Waals surface area contributed by atoms with Crippen molar-refractivity contribution in [3.05, 3.63) is 50.7 Å². The summed E-state index contributed by atoms with van der Waals surface area (Å²) in [5, 5.41) is 13.5. The molecule has 0 aliphatic heterocycles. The van der Waals surface area contributed by atoms with Gasteiger partial charge in [-0.25, -0.2) is 4.79 Å². The highest BCUT2D eigenvalue weighted by Gasteiger charge is 2.18. The van der Waals surface area contributed by atoms with Gasteiger partial charge in [-0.05, 0) is 43.8 Å². The third-order valence-electron chi connectivity index (χ3n) is 2.89. The van der Waals surface area contributed by atoms with Crippen molar-refractivity contribution in [2.45, 2.75) is 20.8 Å². The summed E-state index contributed by atoms with van der Waals surface area (Å²) in [4.78, 5) is 23.5. The number of aromatic carboxylic acids is 1. The standard InChI is InChI=1S/C15H15NO3S/c1-8-4-9(2)6-11(5-8)14(17)16-12-10(3)7-20-13(12)15(18)19/h4-7H,1-3H3,(H,16,17)(H,18,19). The lowest BCUT2D eigenvalue weighted by atomic mass is 10.1. The fourth-order valence-electron chi connectivity index (χ4n) is 2.05. The smallest absolute Gasteiger partial charge is 0.348 e. The zero-order valence-electron chi connectivity index (χ0n) is 11.5. The molecule has 1 heterocycles. The van der Waals surface area contributed by atoms with Crippen molar-refractivity contribution in [2.75, 3.05) is 5.32 Å². The van der Waals surface area contributed by atoms with Crippen LogP contribution in [0.15, 0.2) is 23.6 Å².